The Morgan fingerprint density at radius 2 is 1.71 bits per heavy atom. The molecule has 2 nitrogen and oxygen atoms in total. The molecule has 0 heterocycles. The van der Waals surface area contributed by atoms with E-state index in [9.17, 15) is 13.4 Å². The first-order valence-corrected chi connectivity index (χ1v) is 6.39. The van der Waals surface area contributed by atoms with Gasteiger partial charge in [0.05, 0.1) is 0 Å². The second-order valence-corrected chi connectivity index (χ2v) is 4.49. The number of hydrogen-bond donors (Lipinski definition) is 0. The molecule has 0 aliphatic heterocycles. The Labute approximate surface area is 122 Å². The van der Waals surface area contributed by atoms with Gasteiger partial charge in [-0.1, -0.05) is 54.1 Å². The Kier molecular flexibility index (Phi) is 4.87. The van der Waals surface area contributed by atoms with E-state index >= 15 is 0 Å². The van der Waals surface area contributed by atoms with Gasteiger partial charge < -0.3 is 4.65 Å². The lowest BCUT2D eigenvalue weighted by atomic mass is 10.1. The molecule has 0 N–H and O–H groups in total. The topological polar surface area (TPSA) is 26.3 Å². The highest BCUT2D eigenvalue weighted by atomic mass is 19.2. The Morgan fingerprint density at radius 3 is 2.33 bits per heavy atom. The summed E-state index contributed by atoms with van der Waals surface area (Å²) in [5.41, 5.74) is 1.78. The standard InChI is InChI=1S/C16H13BF2O2/c1-12-6-5-9-14(10-12)15(20)11-16(21-17(18)19)13-7-3-2-4-8-13/h2-11H,1H3/b16-11-. The van der Waals surface area contributed by atoms with E-state index in [2.05, 4.69) is 4.65 Å². The second kappa shape index (κ2) is 6.84. The molecule has 0 saturated carbocycles. The molecule has 21 heavy (non-hydrogen) atoms. The van der Waals surface area contributed by atoms with Crippen molar-refractivity contribution in [3.05, 3.63) is 77.4 Å². The lowest BCUT2D eigenvalue weighted by molar-refractivity contribution is 0.104. The molecular formula is C16H13BF2O2. The molecule has 2 aromatic carbocycles. The maximum atomic E-state index is 12.5. The summed E-state index contributed by atoms with van der Waals surface area (Å²) < 4.78 is 29.5. The summed E-state index contributed by atoms with van der Waals surface area (Å²) in [4.78, 5) is 12.2. The first-order chi connectivity index (χ1) is 10.1. The monoisotopic (exact) mass is 286 g/mol. The Morgan fingerprint density at radius 1 is 1.05 bits per heavy atom. The summed E-state index contributed by atoms with van der Waals surface area (Å²) in [6.45, 7) is 1.86. The quantitative estimate of drug-likeness (QED) is 0.357. The van der Waals surface area contributed by atoms with Crippen molar-refractivity contribution in [2.24, 2.45) is 0 Å². The van der Waals surface area contributed by atoms with Crippen LogP contribution < -0.4 is 0 Å². The zero-order valence-electron chi connectivity index (χ0n) is 11.4. The number of halogens is 2. The Balaban J connectivity index is 2.34. The van der Waals surface area contributed by atoms with Crippen LogP contribution in [0.1, 0.15) is 21.5 Å². The highest BCUT2D eigenvalue weighted by Crippen LogP contribution is 2.19. The van der Waals surface area contributed by atoms with E-state index in [1.165, 1.54) is 0 Å². The van der Waals surface area contributed by atoms with Gasteiger partial charge >= 0.3 is 7.47 Å². The minimum Gasteiger partial charge on any atom is -0.505 e. The van der Waals surface area contributed by atoms with Crippen molar-refractivity contribution in [3.63, 3.8) is 0 Å². The van der Waals surface area contributed by atoms with E-state index in [0.29, 0.717) is 11.1 Å². The second-order valence-electron chi connectivity index (χ2n) is 4.49. The van der Waals surface area contributed by atoms with Crippen molar-refractivity contribution in [2.75, 3.05) is 0 Å². The number of hydrogen-bond acceptors (Lipinski definition) is 2. The molecule has 2 aromatic rings. The lowest BCUT2D eigenvalue weighted by Gasteiger charge is -2.08. The molecule has 0 saturated heterocycles. The highest BCUT2D eigenvalue weighted by molar-refractivity contribution is 6.36. The van der Waals surface area contributed by atoms with E-state index in [1.54, 1.807) is 48.5 Å². The number of benzene rings is 2. The summed E-state index contributed by atoms with van der Waals surface area (Å²) in [6.07, 6.45) is 1.09. The van der Waals surface area contributed by atoms with Crippen LogP contribution in [0.4, 0.5) is 8.63 Å². The smallest absolute Gasteiger partial charge is 0.505 e. The van der Waals surface area contributed by atoms with Crippen molar-refractivity contribution in [1.29, 1.82) is 0 Å². The maximum absolute atomic E-state index is 12.5. The van der Waals surface area contributed by atoms with Gasteiger partial charge in [0.15, 0.2) is 5.78 Å². The zero-order chi connectivity index (χ0) is 15.2. The van der Waals surface area contributed by atoms with Crippen molar-refractivity contribution in [3.8, 4) is 0 Å². The predicted octanol–water partition coefficient (Wildman–Crippen LogP) is 4.16. The fourth-order valence-electron chi connectivity index (χ4n) is 1.88. The van der Waals surface area contributed by atoms with Crippen LogP contribution in [0.3, 0.4) is 0 Å². The van der Waals surface area contributed by atoms with Crippen LogP contribution in [0, 0.1) is 6.92 Å². The molecule has 0 fully saturated rings. The van der Waals surface area contributed by atoms with Crippen LogP contribution in [-0.2, 0) is 4.65 Å². The number of rotatable bonds is 5. The number of carbonyl (C=O) groups excluding carboxylic acids is 1. The molecular weight excluding hydrogens is 273 g/mol. The van der Waals surface area contributed by atoms with Gasteiger partial charge in [-0.15, -0.1) is 0 Å². The van der Waals surface area contributed by atoms with Gasteiger partial charge in [-0.3, -0.25) is 4.79 Å². The van der Waals surface area contributed by atoms with E-state index in [1.807, 2.05) is 13.0 Å². The van der Waals surface area contributed by atoms with Gasteiger partial charge in [0.1, 0.15) is 5.76 Å². The minimum atomic E-state index is -2.98. The van der Waals surface area contributed by atoms with Crippen molar-refractivity contribution in [2.45, 2.75) is 6.92 Å². The van der Waals surface area contributed by atoms with Gasteiger partial charge in [0.2, 0.25) is 0 Å². The molecule has 0 spiro atoms. The van der Waals surface area contributed by atoms with Gasteiger partial charge in [-0.25, -0.2) is 8.63 Å². The number of allylic oxidation sites excluding steroid dienone is 1. The highest BCUT2D eigenvalue weighted by Gasteiger charge is 2.21. The zero-order valence-corrected chi connectivity index (χ0v) is 11.4. The van der Waals surface area contributed by atoms with E-state index < -0.39 is 7.47 Å². The number of carbonyl (C=O) groups is 1. The largest absolute Gasteiger partial charge is 0.796 e. The van der Waals surface area contributed by atoms with E-state index in [0.717, 1.165) is 11.6 Å². The molecule has 0 radical (unpaired) electrons. The van der Waals surface area contributed by atoms with Crippen LogP contribution in [0.5, 0.6) is 0 Å². The van der Waals surface area contributed by atoms with Gasteiger partial charge in [-0.2, -0.15) is 0 Å². The Bertz CT molecular complexity index is 654. The van der Waals surface area contributed by atoms with Crippen LogP contribution in [0.25, 0.3) is 5.76 Å². The molecule has 0 aliphatic rings. The van der Waals surface area contributed by atoms with Crippen molar-refractivity contribution in [1.82, 2.24) is 0 Å². The van der Waals surface area contributed by atoms with Crippen LogP contribution in [-0.4, -0.2) is 13.3 Å². The normalized spacial score (nSPS) is 11.1. The fourth-order valence-corrected chi connectivity index (χ4v) is 1.88. The predicted molar refractivity (Wildman–Crippen MR) is 79.0 cm³/mol. The summed E-state index contributed by atoms with van der Waals surface area (Å²) in [6, 6.07) is 15.3. The third-order valence-electron chi connectivity index (χ3n) is 2.84. The molecule has 0 amide bonds. The van der Waals surface area contributed by atoms with Crippen LogP contribution in [0.2, 0.25) is 0 Å². The minimum absolute atomic E-state index is 0.142. The van der Waals surface area contributed by atoms with Gasteiger partial charge in [0, 0.05) is 17.2 Å². The average Bonchev–Trinajstić information content (AvgIpc) is 2.47. The molecule has 0 aliphatic carbocycles. The third-order valence-corrected chi connectivity index (χ3v) is 2.84. The third kappa shape index (κ3) is 4.28. The summed E-state index contributed by atoms with van der Waals surface area (Å²) in [5, 5.41) is 0. The molecule has 106 valence electrons. The number of aryl methyl sites for hydroxylation is 1. The molecule has 2 rings (SSSR count). The molecule has 0 bridgehead atoms. The molecule has 0 aromatic heterocycles. The SMILES string of the molecule is Cc1cccc(C(=O)/C=C(\OB(F)F)c2ccccc2)c1. The van der Waals surface area contributed by atoms with Crippen molar-refractivity contribution < 1.29 is 18.1 Å². The first kappa shape index (κ1) is 15.0. The maximum Gasteiger partial charge on any atom is 0.796 e. The first-order valence-electron chi connectivity index (χ1n) is 6.39. The average molecular weight is 286 g/mol. The summed E-state index contributed by atoms with van der Waals surface area (Å²) >= 11 is 0. The molecule has 0 atom stereocenters. The van der Waals surface area contributed by atoms with E-state index in [4.69, 9.17) is 0 Å². The molecule has 0 unspecified atom stereocenters. The van der Waals surface area contributed by atoms with Gasteiger partial charge in [-0.05, 0) is 13.0 Å². The lowest BCUT2D eigenvalue weighted by Crippen LogP contribution is -2.06. The summed E-state index contributed by atoms with van der Waals surface area (Å²) in [7, 11) is -2.98. The van der Waals surface area contributed by atoms with Crippen molar-refractivity contribution >= 4 is 19.0 Å². The van der Waals surface area contributed by atoms with Gasteiger partial charge in [0.25, 0.3) is 0 Å². The van der Waals surface area contributed by atoms with Crippen LogP contribution in [0.15, 0.2) is 60.7 Å². The van der Waals surface area contributed by atoms with E-state index in [-0.39, 0.29) is 11.5 Å². The Hall–Kier alpha value is -2.43. The van der Waals surface area contributed by atoms with Crippen LogP contribution >= 0.6 is 0 Å². The molecule has 5 heteroatoms. The number of ketones is 1. The summed E-state index contributed by atoms with van der Waals surface area (Å²) in [5.74, 6) is -0.518. The fraction of sp³-hybridized carbons (Fsp3) is 0.0625.